The summed E-state index contributed by atoms with van der Waals surface area (Å²) in [7, 11) is 3.96. The maximum atomic E-state index is 12.7. The van der Waals surface area contributed by atoms with Gasteiger partial charge in [-0.05, 0) is 37.1 Å². The highest BCUT2D eigenvalue weighted by Crippen LogP contribution is 2.18. The number of piperazine rings is 1. The highest BCUT2D eigenvalue weighted by Gasteiger charge is 2.26. The van der Waals surface area contributed by atoms with Crippen LogP contribution in [0.5, 0.6) is 0 Å². The number of carbonyl (C=O) groups is 2. The van der Waals surface area contributed by atoms with E-state index in [2.05, 4.69) is 5.32 Å². The fourth-order valence-corrected chi connectivity index (χ4v) is 3.71. The fourth-order valence-electron chi connectivity index (χ4n) is 3.71. The van der Waals surface area contributed by atoms with Gasteiger partial charge in [0.1, 0.15) is 0 Å². The minimum atomic E-state index is 0.0272. The van der Waals surface area contributed by atoms with Crippen LogP contribution in [0.2, 0.25) is 0 Å². The number of rotatable bonds is 3. The summed E-state index contributed by atoms with van der Waals surface area (Å²) in [6, 6.07) is 8.02. The topological polar surface area (TPSA) is 55.9 Å². The fraction of sp³-hybridized carbons (Fsp3) is 0.600. The lowest BCUT2D eigenvalue weighted by Crippen LogP contribution is -2.54. The average molecular weight is 358 g/mol. The number of hydrogen-bond acceptors (Lipinski definition) is 3. The van der Waals surface area contributed by atoms with E-state index in [-0.39, 0.29) is 11.9 Å². The molecule has 0 spiro atoms. The van der Waals surface area contributed by atoms with Crippen LogP contribution in [0.25, 0.3) is 0 Å². The molecule has 1 aromatic rings. The van der Waals surface area contributed by atoms with Gasteiger partial charge in [-0.2, -0.15) is 0 Å². The number of hydrogen-bond donors (Lipinski definition) is 1. The Balaban J connectivity index is 1.49. The third kappa shape index (κ3) is 4.48. The van der Waals surface area contributed by atoms with Gasteiger partial charge < -0.3 is 20.0 Å². The van der Waals surface area contributed by atoms with Crippen LogP contribution in [0.15, 0.2) is 24.3 Å². The SMILES string of the molecule is CN(C)c1ccc(C(=O)N2CCN(C(=O)NC3CCCCC3)CC2)cc1. The van der Waals surface area contributed by atoms with Crippen LogP contribution in [0.4, 0.5) is 10.5 Å². The van der Waals surface area contributed by atoms with E-state index >= 15 is 0 Å². The lowest BCUT2D eigenvalue weighted by atomic mass is 9.96. The molecule has 1 saturated carbocycles. The predicted molar refractivity (Wildman–Crippen MR) is 104 cm³/mol. The molecular weight excluding hydrogens is 328 g/mol. The Labute approximate surface area is 156 Å². The molecule has 6 nitrogen and oxygen atoms in total. The summed E-state index contributed by atoms with van der Waals surface area (Å²) in [5.41, 5.74) is 1.78. The lowest BCUT2D eigenvalue weighted by molar-refractivity contribution is 0.0662. The molecule has 1 aliphatic carbocycles. The number of carbonyl (C=O) groups excluding carboxylic acids is 2. The van der Waals surface area contributed by atoms with Crippen molar-refractivity contribution in [1.82, 2.24) is 15.1 Å². The maximum Gasteiger partial charge on any atom is 0.317 e. The first kappa shape index (κ1) is 18.5. The van der Waals surface area contributed by atoms with Crippen molar-refractivity contribution in [3.05, 3.63) is 29.8 Å². The molecule has 1 N–H and O–H groups in total. The molecule has 1 saturated heterocycles. The zero-order chi connectivity index (χ0) is 18.5. The van der Waals surface area contributed by atoms with E-state index in [1.54, 1.807) is 0 Å². The van der Waals surface area contributed by atoms with Crippen LogP contribution < -0.4 is 10.2 Å². The average Bonchev–Trinajstić information content (AvgIpc) is 2.68. The number of benzene rings is 1. The van der Waals surface area contributed by atoms with Crippen molar-refractivity contribution in [2.45, 2.75) is 38.1 Å². The minimum Gasteiger partial charge on any atom is -0.378 e. The van der Waals surface area contributed by atoms with Gasteiger partial charge in [-0.3, -0.25) is 4.79 Å². The Hall–Kier alpha value is -2.24. The molecule has 0 unspecified atom stereocenters. The Morgan fingerprint density at radius 3 is 2.08 bits per heavy atom. The van der Waals surface area contributed by atoms with E-state index in [4.69, 9.17) is 0 Å². The summed E-state index contributed by atoms with van der Waals surface area (Å²) >= 11 is 0. The summed E-state index contributed by atoms with van der Waals surface area (Å²) in [6.45, 7) is 2.37. The molecule has 2 aliphatic rings. The van der Waals surface area contributed by atoms with Gasteiger partial charge in [0.25, 0.3) is 5.91 Å². The summed E-state index contributed by atoms with van der Waals surface area (Å²) in [5.74, 6) is 0.0441. The quantitative estimate of drug-likeness (QED) is 0.903. The van der Waals surface area contributed by atoms with Crippen molar-refractivity contribution < 1.29 is 9.59 Å². The van der Waals surface area contributed by atoms with Gasteiger partial charge in [0.2, 0.25) is 0 Å². The Morgan fingerprint density at radius 1 is 0.923 bits per heavy atom. The smallest absolute Gasteiger partial charge is 0.317 e. The molecule has 1 aromatic carbocycles. The molecule has 0 radical (unpaired) electrons. The third-order valence-corrected chi connectivity index (χ3v) is 5.42. The Bertz CT molecular complexity index is 615. The summed E-state index contributed by atoms with van der Waals surface area (Å²) in [6.07, 6.45) is 5.88. The molecule has 142 valence electrons. The first-order valence-electron chi connectivity index (χ1n) is 9.66. The molecule has 3 rings (SSSR count). The molecule has 26 heavy (non-hydrogen) atoms. The lowest BCUT2D eigenvalue weighted by Gasteiger charge is -2.36. The highest BCUT2D eigenvalue weighted by molar-refractivity contribution is 5.94. The van der Waals surface area contributed by atoms with Crippen LogP contribution in [-0.2, 0) is 0 Å². The second-order valence-electron chi connectivity index (χ2n) is 7.50. The van der Waals surface area contributed by atoms with Crippen LogP contribution in [0.3, 0.4) is 0 Å². The van der Waals surface area contributed by atoms with Crippen LogP contribution in [-0.4, -0.2) is 68.1 Å². The second-order valence-corrected chi connectivity index (χ2v) is 7.50. The third-order valence-electron chi connectivity index (χ3n) is 5.42. The number of amides is 3. The molecule has 2 fully saturated rings. The van der Waals surface area contributed by atoms with Gasteiger partial charge in [-0.1, -0.05) is 19.3 Å². The molecule has 0 bridgehead atoms. The van der Waals surface area contributed by atoms with Crippen molar-refractivity contribution in [3.8, 4) is 0 Å². The zero-order valence-corrected chi connectivity index (χ0v) is 15.9. The van der Waals surface area contributed by atoms with Gasteiger partial charge in [0, 0.05) is 57.6 Å². The van der Waals surface area contributed by atoms with Gasteiger partial charge in [0.05, 0.1) is 0 Å². The first-order chi connectivity index (χ1) is 12.5. The number of anilines is 1. The van der Waals surface area contributed by atoms with Crippen molar-refractivity contribution in [2.24, 2.45) is 0 Å². The summed E-state index contributed by atoms with van der Waals surface area (Å²) in [5, 5.41) is 3.16. The zero-order valence-electron chi connectivity index (χ0n) is 15.9. The molecule has 0 aromatic heterocycles. The summed E-state index contributed by atoms with van der Waals surface area (Å²) in [4.78, 5) is 30.8. The predicted octanol–water partition coefficient (Wildman–Crippen LogP) is 2.55. The molecular formula is C20H30N4O2. The molecule has 1 heterocycles. The van der Waals surface area contributed by atoms with Crippen molar-refractivity contribution in [3.63, 3.8) is 0 Å². The van der Waals surface area contributed by atoms with Gasteiger partial charge in [0.15, 0.2) is 0 Å². The minimum absolute atomic E-state index is 0.0272. The van der Waals surface area contributed by atoms with E-state index in [0.717, 1.165) is 18.5 Å². The molecule has 0 atom stereocenters. The van der Waals surface area contributed by atoms with Crippen LogP contribution >= 0.6 is 0 Å². The number of nitrogens with one attached hydrogen (secondary N) is 1. The monoisotopic (exact) mass is 358 g/mol. The number of nitrogens with zero attached hydrogens (tertiary/aromatic N) is 3. The van der Waals surface area contributed by atoms with Crippen LogP contribution in [0.1, 0.15) is 42.5 Å². The van der Waals surface area contributed by atoms with E-state index in [1.165, 1.54) is 19.3 Å². The maximum absolute atomic E-state index is 12.7. The Morgan fingerprint density at radius 2 is 1.50 bits per heavy atom. The molecule has 3 amide bonds. The van der Waals surface area contributed by atoms with Crippen molar-refractivity contribution in [2.75, 3.05) is 45.2 Å². The normalized spacial score (nSPS) is 18.5. The van der Waals surface area contributed by atoms with Crippen molar-refractivity contribution in [1.29, 1.82) is 0 Å². The van der Waals surface area contributed by atoms with E-state index in [0.29, 0.717) is 37.8 Å². The number of urea groups is 1. The molecule has 6 heteroatoms. The standard InChI is InChI=1S/C20H30N4O2/c1-22(2)18-10-8-16(9-11-18)19(25)23-12-14-24(15-13-23)20(26)21-17-6-4-3-5-7-17/h8-11,17H,3-7,12-15H2,1-2H3,(H,21,26). The van der Waals surface area contributed by atoms with E-state index in [9.17, 15) is 9.59 Å². The Kier molecular flexibility index (Phi) is 6.01. The first-order valence-corrected chi connectivity index (χ1v) is 9.66. The molecule has 1 aliphatic heterocycles. The van der Waals surface area contributed by atoms with Crippen LogP contribution in [0, 0.1) is 0 Å². The largest absolute Gasteiger partial charge is 0.378 e. The van der Waals surface area contributed by atoms with E-state index < -0.39 is 0 Å². The van der Waals surface area contributed by atoms with Crippen molar-refractivity contribution >= 4 is 17.6 Å². The van der Waals surface area contributed by atoms with Gasteiger partial charge in [-0.25, -0.2) is 4.79 Å². The second kappa shape index (κ2) is 8.43. The van der Waals surface area contributed by atoms with E-state index in [1.807, 2.05) is 53.1 Å². The van der Waals surface area contributed by atoms with Gasteiger partial charge in [-0.15, -0.1) is 0 Å². The highest BCUT2D eigenvalue weighted by atomic mass is 16.2. The summed E-state index contributed by atoms with van der Waals surface area (Å²) < 4.78 is 0. The van der Waals surface area contributed by atoms with Gasteiger partial charge >= 0.3 is 6.03 Å².